The molecule has 0 radical (unpaired) electrons. The van der Waals surface area contributed by atoms with Gasteiger partial charge in [0.05, 0.1) is 11.4 Å². The molecule has 5 rings (SSSR count). The van der Waals surface area contributed by atoms with Crippen molar-refractivity contribution in [3.8, 4) is 22.9 Å². The molecule has 27 heavy (non-hydrogen) atoms. The van der Waals surface area contributed by atoms with Gasteiger partial charge in [-0.2, -0.15) is 0 Å². The third kappa shape index (κ3) is 3.30. The Bertz CT molecular complexity index is 1140. The Hall–Kier alpha value is -2.10. The summed E-state index contributed by atoms with van der Waals surface area (Å²) in [7, 11) is 0. The first kappa shape index (κ1) is 18.3. The highest BCUT2D eigenvalue weighted by Crippen LogP contribution is 2.36. The van der Waals surface area contributed by atoms with E-state index in [1.54, 1.807) is 11.3 Å². The SMILES string of the molecule is Br.Cc1nc2ccc(Br)cn2c1-c1csc(Nc2ccc3c(c2)OCO3)n1. The van der Waals surface area contributed by atoms with Crippen molar-refractivity contribution in [3.05, 3.63) is 52.1 Å². The largest absolute Gasteiger partial charge is 0.454 e. The third-order valence-corrected chi connectivity index (χ3v) is 5.35. The summed E-state index contributed by atoms with van der Waals surface area (Å²) in [5.74, 6) is 1.51. The van der Waals surface area contributed by atoms with Crippen LogP contribution in [0.2, 0.25) is 0 Å². The van der Waals surface area contributed by atoms with Gasteiger partial charge in [0, 0.05) is 27.8 Å². The first-order chi connectivity index (χ1) is 12.7. The quantitative estimate of drug-likeness (QED) is 0.390. The van der Waals surface area contributed by atoms with Crippen molar-refractivity contribution in [1.82, 2.24) is 14.4 Å². The Labute approximate surface area is 178 Å². The smallest absolute Gasteiger partial charge is 0.231 e. The van der Waals surface area contributed by atoms with E-state index in [1.807, 2.05) is 48.8 Å². The molecule has 0 aliphatic carbocycles. The number of rotatable bonds is 3. The van der Waals surface area contributed by atoms with Gasteiger partial charge in [0.25, 0.3) is 0 Å². The van der Waals surface area contributed by atoms with Gasteiger partial charge in [-0.3, -0.25) is 4.40 Å². The van der Waals surface area contributed by atoms with E-state index in [1.165, 1.54) is 0 Å². The molecule has 0 unspecified atom stereocenters. The summed E-state index contributed by atoms with van der Waals surface area (Å²) in [5.41, 5.74) is 4.65. The average Bonchev–Trinajstić information content (AvgIpc) is 3.32. The molecule has 3 aromatic heterocycles. The number of ether oxygens (including phenoxy) is 2. The Morgan fingerprint density at radius 3 is 2.89 bits per heavy atom. The lowest BCUT2D eigenvalue weighted by atomic mass is 10.3. The summed E-state index contributed by atoms with van der Waals surface area (Å²) in [4.78, 5) is 9.36. The number of halogens is 2. The first-order valence-corrected chi connectivity index (χ1v) is 9.61. The van der Waals surface area contributed by atoms with Crippen molar-refractivity contribution in [1.29, 1.82) is 0 Å². The summed E-state index contributed by atoms with van der Waals surface area (Å²) in [6.07, 6.45) is 2.01. The van der Waals surface area contributed by atoms with Gasteiger partial charge in [-0.25, -0.2) is 9.97 Å². The van der Waals surface area contributed by atoms with Crippen LogP contribution in [-0.2, 0) is 0 Å². The lowest BCUT2D eigenvalue weighted by molar-refractivity contribution is 0.174. The molecule has 4 heterocycles. The van der Waals surface area contributed by atoms with E-state index in [0.717, 1.165) is 49.5 Å². The van der Waals surface area contributed by atoms with E-state index in [9.17, 15) is 0 Å². The Morgan fingerprint density at radius 2 is 2.00 bits per heavy atom. The van der Waals surface area contributed by atoms with Crippen molar-refractivity contribution < 1.29 is 9.47 Å². The van der Waals surface area contributed by atoms with Gasteiger partial charge in [-0.15, -0.1) is 28.3 Å². The van der Waals surface area contributed by atoms with Gasteiger partial charge in [0.2, 0.25) is 6.79 Å². The number of anilines is 2. The molecule has 0 atom stereocenters. The number of aromatic nitrogens is 3. The van der Waals surface area contributed by atoms with Crippen LogP contribution < -0.4 is 14.8 Å². The van der Waals surface area contributed by atoms with Crippen molar-refractivity contribution in [2.45, 2.75) is 6.92 Å². The molecule has 138 valence electrons. The molecule has 0 saturated heterocycles. The fourth-order valence-electron chi connectivity index (χ4n) is 2.98. The standard InChI is InChI=1S/C18H13BrN4O2S.BrH/c1-10-17(23-7-11(19)2-5-16(23)20-10)13-8-26-18(22-13)21-12-3-4-14-15(6-12)25-9-24-14;/h2-8H,9H2,1H3,(H,21,22);1H. The molecule has 1 N–H and O–H groups in total. The van der Waals surface area contributed by atoms with E-state index in [4.69, 9.17) is 14.5 Å². The highest BCUT2D eigenvalue weighted by molar-refractivity contribution is 9.10. The highest BCUT2D eigenvalue weighted by atomic mass is 79.9. The Kier molecular flexibility index (Phi) is 4.83. The van der Waals surface area contributed by atoms with Gasteiger partial charge in [0.15, 0.2) is 16.6 Å². The summed E-state index contributed by atoms with van der Waals surface area (Å²) in [5, 5.41) is 6.17. The van der Waals surface area contributed by atoms with E-state index < -0.39 is 0 Å². The molecule has 1 aliphatic rings. The zero-order chi connectivity index (χ0) is 17.7. The predicted molar refractivity (Wildman–Crippen MR) is 115 cm³/mol. The molecule has 4 aromatic rings. The van der Waals surface area contributed by atoms with Gasteiger partial charge in [-0.05, 0) is 47.1 Å². The minimum atomic E-state index is 0. The first-order valence-electron chi connectivity index (χ1n) is 7.94. The molecule has 1 aromatic carbocycles. The maximum Gasteiger partial charge on any atom is 0.231 e. The number of hydrogen-bond acceptors (Lipinski definition) is 6. The molecular weight excluding hydrogens is 496 g/mol. The second-order valence-corrected chi connectivity index (χ2v) is 7.63. The van der Waals surface area contributed by atoms with Gasteiger partial charge >= 0.3 is 0 Å². The minimum absolute atomic E-state index is 0. The monoisotopic (exact) mass is 508 g/mol. The zero-order valence-corrected chi connectivity index (χ0v) is 18.2. The number of imidazole rings is 1. The molecule has 0 spiro atoms. The number of fused-ring (bicyclic) bond motifs is 2. The number of hydrogen-bond donors (Lipinski definition) is 1. The number of benzene rings is 1. The van der Waals surface area contributed by atoms with Crippen molar-refractivity contribution in [2.75, 3.05) is 12.1 Å². The highest BCUT2D eigenvalue weighted by Gasteiger charge is 2.16. The lowest BCUT2D eigenvalue weighted by Gasteiger charge is -2.04. The van der Waals surface area contributed by atoms with E-state index >= 15 is 0 Å². The fourth-order valence-corrected chi connectivity index (χ4v) is 4.04. The lowest BCUT2D eigenvalue weighted by Crippen LogP contribution is -1.93. The number of thiazole rings is 1. The normalized spacial score (nSPS) is 12.2. The Morgan fingerprint density at radius 1 is 1.15 bits per heavy atom. The molecule has 9 heteroatoms. The van der Waals surface area contributed by atoms with Crippen LogP contribution in [0.4, 0.5) is 10.8 Å². The number of aryl methyl sites for hydroxylation is 1. The van der Waals surface area contributed by atoms with E-state index in [2.05, 4.69) is 30.6 Å². The molecule has 0 amide bonds. The van der Waals surface area contributed by atoms with Crippen LogP contribution in [0.5, 0.6) is 11.5 Å². The van der Waals surface area contributed by atoms with Crippen molar-refractivity contribution >= 4 is 60.7 Å². The minimum Gasteiger partial charge on any atom is -0.454 e. The van der Waals surface area contributed by atoms with E-state index in [-0.39, 0.29) is 23.8 Å². The van der Waals surface area contributed by atoms with Crippen LogP contribution in [-0.4, -0.2) is 21.2 Å². The van der Waals surface area contributed by atoms with E-state index in [0.29, 0.717) is 0 Å². The Balaban J connectivity index is 0.00000180. The number of nitrogens with zero attached hydrogens (tertiary/aromatic N) is 3. The van der Waals surface area contributed by atoms with Crippen LogP contribution in [0.1, 0.15) is 5.69 Å². The summed E-state index contributed by atoms with van der Waals surface area (Å²) in [6.45, 7) is 2.27. The van der Waals surface area contributed by atoms with Crippen molar-refractivity contribution in [3.63, 3.8) is 0 Å². The van der Waals surface area contributed by atoms with Crippen molar-refractivity contribution in [2.24, 2.45) is 0 Å². The van der Waals surface area contributed by atoms with Crippen LogP contribution in [0.3, 0.4) is 0 Å². The molecule has 0 bridgehead atoms. The molecular formula is C18H14Br2N4O2S. The fraction of sp³-hybridized carbons (Fsp3) is 0.111. The maximum absolute atomic E-state index is 5.42. The van der Waals surface area contributed by atoms with Crippen LogP contribution in [0, 0.1) is 6.92 Å². The molecule has 6 nitrogen and oxygen atoms in total. The molecule has 0 fully saturated rings. The van der Waals surface area contributed by atoms with Gasteiger partial charge in [-0.1, -0.05) is 0 Å². The second-order valence-electron chi connectivity index (χ2n) is 5.85. The summed E-state index contributed by atoms with van der Waals surface area (Å²) >= 11 is 5.07. The summed E-state index contributed by atoms with van der Waals surface area (Å²) in [6, 6.07) is 9.73. The van der Waals surface area contributed by atoms with Gasteiger partial charge < -0.3 is 14.8 Å². The van der Waals surface area contributed by atoms with Crippen LogP contribution in [0.15, 0.2) is 46.4 Å². The van der Waals surface area contributed by atoms with Crippen LogP contribution in [0.25, 0.3) is 17.0 Å². The zero-order valence-electron chi connectivity index (χ0n) is 14.1. The summed E-state index contributed by atoms with van der Waals surface area (Å²) < 4.78 is 13.8. The predicted octanol–water partition coefficient (Wildman–Crippen LogP) is 5.58. The maximum atomic E-state index is 5.42. The number of pyridine rings is 1. The molecule has 1 aliphatic heterocycles. The topological polar surface area (TPSA) is 60.7 Å². The average molecular weight is 510 g/mol. The number of nitrogens with one attached hydrogen (secondary N) is 1. The second kappa shape index (κ2) is 7.14. The molecule has 0 saturated carbocycles. The van der Waals surface area contributed by atoms with Gasteiger partial charge in [0.1, 0.15) is 11.3 Å². The van der Waals surface area contributed by atoms with Crippen LogP contribution >= 0.6 is 44.2 Å². The third-order valence-electron chi connectivity index (χ3n) is 4.13.